The predicted molar refractivity (Wildman–Crippen MR) is 82.6 cm³/mol. The van der Waals surface area contributed by atoms with E-state index in [0.29, 0.717) is 0 Å². The Labute approximate surface area is 125 Å². The number of imidazole rings is 1. The van der Waals surface area contributed by atoms with E-state index in [1.807, 2.05) is 0 Å². The maximum atomic E-state index is 13.2. The molecule has 4 nitrogen and oxygen atoms in total. The van der Waals surface area contributed by atoms with Crippen LogP contribution in [0.15, 0.2) is 18.2 Å². The summed E-state index contributed by atoms with van der Waals surface area (Å²) in [6.07, 6.45) is 1.28. The van der Waals surface area contributed by atoms with Crippen molar-refractivity contribution in [2.24, 2.45) is 5.92 Å². The molecule has 0 unspecified atom stereocenters. The van der Waals surface area contributed by atoms with E-state index in [0.717, 1.165) is 42.4 Å². The Morgan fingerprint density at radius 3 is 3.10 bits per heavy atom. The van der Waals surface area contributed by atoms with Gasteiger partial charge in [0.15, 0.2) is 0 Å². The first-order valence-corrected chi connectivity index (χ1v) is 7.69. The van der Waals surface area contributed by atoms with Crippen LogP contribution in [0.2, 0.25) is 0 Å². The van der Waals surface area contributed by atoms with Crippen molar-refractivity contribution in [2.75, 3.05) is 33.2 Å². The first-order valence-electron chi connectivity index (χ1n) is 7.69. The van der Waals surface area contributed by atoms with Crippen LogP contribution in [-0.2, 0) is 6.54 Å². The highest BCUT2D eigenvalue weighted by atomic mass is 19.1. The molecular formula is C16H23FN4. The van der Waals surface area contributed by atoms with Gasteiger partial charge in [-0.25, -0.2) is 9.37 Å². The molecule has 21 heavy (non-hydrogen) atoms. The highest BCUT2D eigenvalue weighted by molar-refractivity contribution is 5.74. The van der Waals surface area contributed by atoms with Crippen molar-refractivity contribution in [1.29, 1.82) is 0 Å². The van der Waals surface area contributed by atoms with E-state index >= 15 is 0 Å². The number of hydrogen-bond acceptors (Lipinski definition) is 3. The van der Waals surface area contributed by atoms with Gasteiger partial charge in [-0.1, -0.05) is 6.92 Å². The minimum atomic E-state index is -0.225. The summed E-state index contributed by atoms with van der Waals surface area (Å²) in [7, 11) is 2.13. The van der Waals surface area contributed by atoms with Crippen molar-refractivity contribution in [3.05, 3.63) is 29.8 Å². The Bertz CT molecular complexity index is 609. The number of nitrogens with zero attached hydrogens (tertiary/aromatic N) is 3. The van der Waals surface area contributed by atoms with Crippen molar-refractivity contribution in [3.63, 3.8) is 0 Å². The van der Waals surface area contributed by atoms with Crippen LogP contribution in [0.5, 0.6) is 0 Å². The van der Waals surface area contributed by atoms with Crippen LogP contribution in [0.4, 0.5) is 4.39 Å². The van der Waals surface area contributed by atoms with E-state index in [-0.39, 0.29) is 5.82 Å². The summed E-state index contributed by atoms with van der Waals surface area (Å²) in [6.45, 7) is 7.65. The average molecular weight is 290 g/mol. The van der Waals surface area contributed by atoms with Crippen molar-refractivity contribution in [3.8, 4) is 0 Å². The minimum absolute atomic E-state index is 0.225. The van der Waals surface area contributed by atoms with Gasteiger partial charge in [-0.3, -0.25) is 4.90 Å². The van der Waals surface area contributed by atoms with Gasteiger partial charge in [-0.15, -0.1) is 0 Å². The van der Waals surface area contributed by atoms with Crippen LogP contribution in [0.3, 0.4) is 0 Å². The minimum Gasteiger partial charge on any atom is -0.341 e. The lowest BCUT2D eigenvalue weighted by molar-refractivity contribution is 0.256. The fourth-order valence-electron chi connectivity index (χ4n) is 3.22. The van der Waals surface area contributed by atoms with Crippen LogP contribution in [0.1, 0.15) is 19.2 Å². The Kier molecular flexibility index (Phi) is 4.22. The van der Waals surface area contributed by atoms with Crippen LogP contribution in [0, 0.1) is 11.7 Å². The van der Waals surface area contributed by atoms with Gasteiger partial charge >= 0.3 is 0 Å². The second-order valence-electron chi connectivity index (χ2n) is 6.09. The van der Waals surface area contributed by atoms with E-state index in [2.05, 4.69) is 33.7 Å². The standard InChI is InChI=1S/C16H23FN4/c1-3-21-7-6-12(10-21)9-20(2)11-16-18-14-5-4-13(17)8-15(14)19-16/h4-5,8,12H,3,6-7,9-11H2,1-2H3,(H,18,19)/t12-/m0/s1. The normalized spacial score (nSPS) is 19.9. The van der Waals surface area contributed by atoms with Gasteiger partial charge in [0.25, 0.3) is 0 Å². The summed E-state index contributed by atoms with van der Waals surface area (Å²) in [4.78, 5) is 12.5. The number of hydrogen-bond donors (Lipinski definition) is 1. The van der Waals surface area contributed by atoms with Gasteiger partial charge in [0.2, 0.25) is 0 Å². The molecule has 1 aromatic heterocycles. The Morgan fingerprint density at radius 1 is 1.48 bits per heavy atom. The molecule has 0 saturated carbocycles. The Morgan fingerprint density at radius 2 is 2.33 bits per heavy atom. The van der Waals surface area contributed by atoms with E-state index in [1.54, 1.807) is 6.07 Å². The average Bonchev–Trinajstić information content (AvgIpc) is 3.04. The first kappa shape index (κ1) is 14.5. The molecule has 2 aromatic rings. The van der Waals surface area contributed by atoms with Crippen LogP contribution < -0.4 is 0 Å². The highest BCUT2D eigenvalue weighted by Gasteiger charge is 2.22. The van der Waals surface area contributed by atoms with Crippen molar-refractivity contribution in [1.82, 2.24) is 19.8 Å². The van der Waals surface area contributed by atoms with Crippen LogP contribution in [-0.4, -0.2) is 53.0 Å². The molecule has 0 radical (unpaired) electrons. The molecule has 1 fully saturated rings. The number of nitrogens with one attached hydrogen (secondary N) is 1. The molecule has 114 valence electrons. The lowest BCUT2D eigenvalue weighted by Crippen LogP contribution is -2.28. The number of aromatic nitrogens is 2. The number of rotatable bonds is 5. The molecule has 5 heteroatoms. The summed E-state index contributed by atoms with van der Waals surface area (Å²) >= 11 is 0. The van der Waals surface area contributed by atoms with Gasteiger partial charge in [0, 0.05) is 13.1 Å². The van der Waals surface area contributed by atoms with Gasteiger partial charge in [-0.2, -0.15) is 0 Å². The molecule has 1 atom stereocenters. The van der Waals surface area contributed by atoms with Gasteiger partial charge in [0.05, 0.1) is 17.6 Å². The van der Waals surface area contributed by atoms with E-state index < -0.39 is 0 Å². The van der Waals surface area contributed by atoms with E-state index in [9.17, 15) is 4.39 Å². The molecule has 2 heterocycles. The third-order valence-corrected chi connectivity index (χ3v) is 4.30. The number of likely N-dealkylation sites (tertiary alicyclic amines) is 1. The van der Waals surface area contributed by atoms with Gasteiger partial charge in [-0.05, 0) is 50.7 Å². The van der Waals surface area contributed by atoms with Crippen LogP contribution >= 0.6 is 0 Å². The van der Waals surface area contributed by atoms with E-state index in [4.69, 9.17) is 0 Å². The van der Waals surface area contributed by atoms with Crippen molar-refractivity contribution < 1.29 is 4.39 Å². The zero-order chi connectivity index (χ0) is 14.8. The summed E-state index contributed by atoms with van der Waals surface area (Å²) in [6, 6.07) is 4.68. The summed E-state index contributed by atoms with van der Waals surface area (Å²) in [5.74, 6) is 1.43. The highest BCUT2D eigenvalue weighted by Crippen LogP contribution is 2.18. The van der Waals surface area contributed by atoms with Gasteiger partial charge < -0.3 is 9.88 Å². The monoisotopic (exact) mass is 290 g/mol. The van der Waals surface area contributed by atoms with Gasteiger partial charge in [0.1, 0.15) is 11.6 Å². The lowest BCUT2D eigenvalue weighted by atomic mass is 10.1. The second-order valence-corrected chi connectivity index (χ2v) is 6.09. The number of aromatic amines is 1. The predicted octanol–water partition coefficient (Wildman–Crippen LogP) is 2.48. The number of fused-ring (bicyclic) bond motifs is 1. The van der Waals surface area contributed by atoms with Crippen molar-refractivity contribution >= 4 is 11.0 Å². The van der Waals surface area contributed by atoms with E-state index in [1.165, 1.54) is 31.6 Å². The third-order valence-electron chi connectivity index (χ3n) is 4.30. The molecule has 0 bridgehead atoms. The fraction of sp³-hybridized carbons (Fsp3) is 0.562. The molecule has 1 aromatic carbocycles. The third kappa shape index (κ3) is 3.41. The molecule has 1 saturated heterocycles. The first-order chi connectivity index (χ1) is 10.1. The number of benzene rings is 1. The maximum Gasteiger partial charge on any atom is 0.125 e. The number of H-pyrrole nitrogens is 1. The maximum absolute atomic E-state index is 13.2. The lowest BCUT2D eigenvalue weighted by Gasteiger charge is -2.20. The second kappa shape index (κ2) is 6.12. The quantitative estimate of drug-likeness (QED) is 0.919. The number of halogens is 1. The zero-order valence-electron chi connectivity index (χ0n) is 12.8. The SMILES string of the molecule is CCN1CC[C@@H](CN(C)Cc2nc3ccc(F)cc3[nH]2)C1. The Hall–Kier alpha value is -1.46. The topological polar surface area (TPSA) is 35.2 Å². The zero-order valence-corrected chi connectivity index (χ0v) is 12.8. The summed E-state index contributed by atoms with van der Waals surface area (Å²) < 4.78 is 13.2. The molecule has 1 N–H and O–H groups in total. The summed E-state index contributed by atoms with van der Waals surface area (Å²) in [5.41, 5.74) is 1.61. The van der Waals surface area contributed by atoms with Crippen LogP contribution in [0.25, 0.3) is 11.0 Å². The smallest absolute Gasteiger partial charge is 0.125 e. The molecule has 3 rings (SSSR count). The molecule has 0 amide bonds. The Balaban J connectivity index is 1.59. The molecule has 1 aliphatic heterocycles. The molecular weight excluding hydrogens is 267 g/mol. The molecule has 1 aliphatic rings. The molecule has 0 spiro atoms. The largest absolute Gasteiger partial charge is 0.341 e. The summed E-state index contributed by atoms with van der Waals surface area (Å²) in [5, 5.41) is 0. The molecule has 0 aliphatic carbocycles. The van der Waals surface area contributed by atoms with Crippen molar-refractivity contribution in [2.45, 2.75) is 19.9 Å². The fourth-order valence-corrected chi connectivity index (χ4v) is 3.22.